The number of aromatic amines is 2. The van der Waals surface area contributed by atoms with Crippen molar-refractivity contribution in [2.24, 2.45) is 33.7 Å². The summed E-state index contributed by atoms with van der Waals surface area (Å²) in [5.41, 5.74) is 29.9. The molecule has 7 amide bonds. The Morgan fingerprint density at radius 1 is 0.631 bits per heavy atom. The monoisotopic (exact) mass is 900 g/mol. The zero-order valence-electron chi connectivity index (χ0n) is 35.5. The van der Waals surface area contributed by atoms with Crippen LogP contribution in [0.3, 0.4) is 0 Å². The van der Waals surface area contributed by atoms with Gasteiger partial charge in [0.25, 0.3) is 0 Å². The molecule has 4 rings (SSSR count). The number of H-pyrrole nitrogens is 2. The van der Waals surface area contributed by atoms with Gasteiger partial charge in [-0.15, -0.1) is 0 Å². The molecule has 0 radical (unpaired) electrons. The van der Waals surface area contributed by atoms with E-state index in [0.29, 0.717) is 28.6 Å². The van der Waals surface area contributed by atoms with Crippen LogP contribution in [0, 0.1) is 0 Å². The van der Waals surface area contributed by atoms with Crippen molar-refractivity contribution in [3.63, 3.8) is 0 Å². The standard InChI is InChI=1S/C42H56N14O9/c43-27(10-6-16-49-42(46)47)36(59)54-33(19-25-21-48-22-51-25)40(63)55-31(17-23-7-2-1-3-8-23)38(61)56-32(18-24-20-50-28-11-5-4-9-26(24)28)39(62)52-29(12-14-34(44)57)37(60)53-30(41(64)65)13-15-35(45)58/h1-5,7-9,11,20-22,27,29-33,50H,6,10,12-19,43H2,(H2,44,57)(H2,45,58)(H,48,51)(H,52,62)(H,53,60)(H,54,59)(H,55,63)(H,56,61)(H,64,65)(H4,46,47,49). The summed E-state index contributed by atoms with van der Waals surface area (Å²) in [6, 6.07) is 7.57. The van der Waals surface area contributed by atoms with Crippen molar-refractivity contribution in [2.75, 3.05) is 6.54 Å². The second-order valence-electron chi connectivity index (χ2n) is 15.2. The Balaban J connectivity index is 1.65. The van der Waals surface area contributed by atoms with Gasteiger partial charge in [-0.1, -0.05) is 48.5 Å². The van der Waals surface area contributed by atoms with Gasteiger partial charge in [0.05, 0.1) is 12.4 Å². The van der Waals surface area contributed by atoms with Crippen molar-refractivity contribution >= 4 is 64.2 Å². The van der Waals surface area contributed by atoms with E-state index >= 15 is 0 Å². The maximum absolute atomic E-state index is 14.5. The van der Waals surface area contributed by atoms with Gasteiger partial charge < -0.3 is 70.3 Å². The Hall–Kier alpha value is -7.82. The van der Waals surface area contributed by atoms with Crippen molar-refractivity contribution in [2.45, 2.75) is 94.0 Å². The zero-order chi connectivity index (χ0) is 47.5. The summed E-state index contributed by atoms with van der Waals surface area (Å²) in [7, 11) is 0. The summed E-state index contributed by atoms with van der Waals surface area (Å²) in [5, 5.41) is 23.4. The lowest BCUT2D eigenvalue weighted by atomic mass is 10.0. The van der Waals surface area contributed by atoms with E-state index in [4.69, 9.17) is 28.7 Å². The molecular weight excluding hydrogens is 845 g/mol. The van der Waals surface area contributed by atoms with Crippen LogP contribution in [0.4, 0.5) is 0 Å². The third kappa shape index (κ3) is 16.4. The number of nitrogens with two attached hydrogens (primary N) is 5. The van der Waals surface area contributed by atoms with E-state index < -0.39 is 90.0 Å². The smallest absolute Gasteiger partial charge is 0.326 e. The first-order valence-electron chi connectivity index (χ1n) is 20.7. The topological polar surface area (TPSA) is 404 Å². The van der Waals surface area contributed by atoms with Crippen molar-refractivity contribution in [1.29, 1.82) is 0 Å². The molecule has 2 heterocycles. The number of aromatic nitrogens is 3. The number of hydrogen-bond acceptors (Lipinski definition) is 11. The Kier molecular flexibility index (Phi) is 19.0. The molecule has 23 heteroatoms. The molecule has 0 spiro atoms. The Morgan fingerprint density at radius 2 is 1.17 bits per heavy atom. The highest BCUT2D eigenvalue weighted by Crippen LogP contribution is 2.20. The van der Waals surface area contributed by atoms with Crippen molar-refractivity contribution in [1.82, 2.24) is 41.5 Å². The van der Waals surface area contributed by atoms with Crippen molar-refractivity contribution in [3.05, 3.63) is 90.1 Å². The zero-order valence-corrected chi connectivity index (χ0v) is 35.5. The van der Waals surface area contributed by atoms with E-state index in [1.807, 2.05) is 0 Å². The fourth-order valence-corrected chi connectivity index (χ4v) is 6.73. The highest BCUT2D eigenvalue weighted by Gasteiger charge is 2.34. The molecule has 0 fully saturated rings. The molecule has 6 unspecified atom stereocenters. The molecular formula is C42H56N14O9. The maximum Gasteiger partial charge on any atom is 0.326 e. The fraction of sp³-hybridized carbons (Fsp3) is 0.381. The summed E-state index contributed by atoms with van der Waals surface area (Å²) >= 11 is 0. The number of guanidine groups is 1. The van der Waals surface area contributed by atoms with Gasteiger partial charge in [-0.05, 0) is 42.9 Å². The third-order valence-electron chi connectivity index (χ3n) is 10.2. The number of carboxylic acid groups (broad SMARTS) is 1. The number of nitrogens with one attached hydrogen (secondary N) is 7. The number of primary amides is 2. The second kappa shape index (κ2) is 24.7. The lowest BCUT2D eigenvalue weighted by Crippen LogP contribution is -2.60. The number of carbonyl (C=O) groups excluding carboxylic acids is 7. The molecule has 0 aliphatic carbocycles. The van der Waals surface area contributed by atoms with Crippen molar-refractivity contribution in [3.8, 4) is 0 Å². The van der Waals surface area contributed by atoms with E-state index in [1.54, 1.807) is 60.8 Å². The number of nitrogens with zero attached hydrogens (tertiary/aromatic N) is 2. The molecule has 2 aromatic heterocycles. The number of rotatable bonds is 27. The summed E-state index contributed by atoms with van der Waals surface area (Å²) in [6.45, 7) is 0.224. The second-order valence-corrected chi connectivity index (χ2v) is 15.2. The van der Waals surface area contributed by atoms with Gasteiger partial charge in [-0.2, -0.15) is 0 Å². The van der Waals surface area contributed by atoms with Crippen LogP contribution in [-0.4, -0.2) is 116 Å². The first kappa shape index (κ1) is 49.8. The van der Waals surface area contributed by atoms with Gasteiger partial charge in [-0.3, -0.25) is 38.6 Å². The summed E-state index contributed by atoms with van der Waals surface area (Å²) in [4.78, 5) is 119. The van der Waals surface area contributed by atoms with E-state index in [-0.39, 0.29) is 57.5 Å². The van der Waals surface area contributed by atoms with Gasteiger partial charge >= 0.3 is 5.97 Å². The number of carbonyl (C=O) groups is 8. The van der Waals surface area contributed by atoms with Crippen LogP contribution in [0.15, 0.2) is 78.3 Å². The highest BCUT2D eigenvalue weighted by atomic mass is 16.4. The largest absolute Gasteiger partial charge is 0.480 e. The Labute approximate surface area is 372 Å². The Bertz CT molecular complexity index is 2300. The average Bonchev–Trinajstić information content (AvgIpc) is 3.94. The molecule has 23 nitrogen and oxygen atoms in total. The average molecular weight is 901 g/mol. The molecule has 18 N–H and O–H groups in total. The molecule has 6 atom stereocenters. The van der Waals surface area contributed by atoms with Crippen LogP contribution in [0.5, 0.6) is 0 Å². The van der Waals surface area contributed by atoms with Gasteiger partial charge in [0.2, 0.25) is 41.4 Å². The van der Waals surface area contributed by atoms with Gasteiger partial charge in [-0.25, -0.2) is 9.78 Å². The van der Waals surface area contributed by atoms with E-state index in [0.717, 1.165) is 5.52 Å². The number of aliphatic imine (C=N–C) groups is 1. The number of benzene rings is 2. The number of hydrogen-bond donors (Lipinski definition) is 13. The Morgan fingerprint density at radius 3 is 1.77 bits per heavy atom. The predicted octanol–water partition coefficient (Wildman–Crippen LogP) is -2.66. The molecule has 0 aliphatic heterocycles. The minimum absolute atomic E-state index is 0.0798. The minimum atomic E-state index is -1.58. The molecule has 0 bridgehead atoms. The summed E-state index contributed by atoms with van der Waals surface area (Å²) in [5.74, 6) is -7.43. The molecule has 2 aromatic carbocycles. The van der Waals surface area contributed by atoms with Crippen LogP contribution in [0.2, 0.25) is 0 Å². The van der Waals surface area contributed by atoms with E-state index in [1.165, 1.54) is 12.5 Å². The summed E-state index contributed by atoms with van der Waals surface area (Å²) in [6.07, 6.45) is 3.22. The summed E-state index contributed by atoms with van der Waals surface area (Å²) < 4.78 is 0. The maximum atomic E-state index is 14.5. The minimum Gasteiger partial charge on any atom is -0.480 e. The first-order valence-corrected chi connectivity index (χ1v) is 20.7. The molecule has 0 saturated carbocycles. The van der Waals surface area contributed by atoms with Crippen molar-refractivity contribution < 1.29 is 43.5 Å². The lowest BCUT2D eigenvalue weighted by Gasteiger charge is -2.27. The van der Waals surface area contributed by atoms with Crippen LogP contribution < -0.4 is 55.3 Å². The number of aliphatic carboxylic acids is 1. The number of amides is 7. The SMILES string of the molecule is NC(=O)CCC(NC(=O)C(CCC(N)=O)NC(=O)C(Cc1c[nH]c2ccccc12)NC(=O)C(Cc1ccccc1)NC(=O)C(Cc1cnc[nH]1)NC(=O)C(N)CCCN=C(N)N)C(=O)O. The third-order valence-corrected chi connectivity index (χ3v) is 10.2. The molecule has 348 valence electrons. The van der Waals surface area contributed by atoms with E-state index in [2.05, 4.69) is 46.5 Å². The van der Waals surface area contributed by atoms with Crippen LogP contribution in [-0.2, 0) is 57.6 Å². The van der Waals surface area contributed by atoms with Crippen LogP contribution >= 0.6 is 0 Å². The van der Waals surface area contributed by atoms with Gasteiger partial charge in [0.15, 0.2) is 5.96 Å². The highest BCUT2D eigenvalue weighted by molar-refractivity contribution is 5.97. The normalized spacial score (nSPS) is 13.7. The quantitative estimate of drug-likeness (QED) is 0.0165. The molecule has 0 saturated heterocycles. The number of fused-ring (bicyclic) bond motifs is 1. The van der Waals surface area contributed by atoms with Gasteiger partial charge in [0.1, 0.15) is 30.2 Å². The molecule has 0 aliphatic rings. The number of para-hydroxylation sites is 1. The van der Waals surface area contributed by atoms with Crippen LogP contribution in [0.25, 0.3) is 10.9 Å². The van der Waals surface area contributed by atoms with E-state index in [9.17, 15) is 43.5 Å². The number of imidazole rings is 1. The van der Waals surface area contributed by atoms with Gasteiger partial charge in [0, 0.05) is 67.6 Å². The number of carboxylic acids is 1. The molecule has 4 aromatic rings. The predicted molar refractivity (Wildman–Crippen MR) is 236 cm³/mol. The lowest BCUT2D eigenvalue weighted by molar-refractivity contribution is -0.142. The first-order chi connectivity index (χ1) is 31.0. The van der Waals surface area contributed by atoms with Crippen LogP contribution in [0.1, 0.15) is 55.3 Å². The molecule has 65 heavy (non-hydrogen) atoms. The fourth-order valence-electron chi connectivity index (χ4n) is 6.73.